The van der Waals surface area contributed by atoms with E-state index in [1.54, 1.807) is 0 Å². The molecule has 2 aliphatic rings. The Morgan fingerprint density at radius 2 is 1.58 bits per heavy atom. The number of rotatable bonds is 3. The molecule has 2 N–H and O–H groups in total. The topological polar surface area (TPSA) is 77.8 Å². The Kier molecular flexibility index (Phi) is 4.07. The van der Waals surface area contributed by atoms with Gasteiger partial charge in [-0.2, -0.15) is 0 Å². The van der Waals surface area contributed by atoms with Crippen molar-refractivity contribution < 1.29 is 28.6 Å². The Morgan fingerprint density at radius 3 is 2.00 bits per heavy atom. The summed E-state index contributed by atoms with van der Waals surface area (Å²) in [7, 11) is 0. The molecule has 1 aliphatic carbocycles. The van der Waals surface area contributed by atoms with E-state index in [9.17, 15) is 23.5 Å². The molecule has 1 saturated heterocycles. The monoisotopic (exact) mass is 339 g/mol. The average molecular weight is 339 g/mol. The molecule has 1 aliphatic heterocycles. The summed E-state index contributed by atoms with van der Waals surface area (Å²) in [5.74, 6) is -3.16. The zero-order chi connectivity index (χ0) is 17.5. The number of nitrogens with zero attached hydrogens (tertiary/aromatic N) is 1. The predicted molar refractivity (Wildman–Crippen MR) is 80.3 cm³/mol. The second kappa shape index (κ2) is 5.81. The fraction of sp³-hybridized carbons (Fsp3) is 0.529. The maximum absolute atomic E-state index is 14.2. The van der Waals surface area contributed by atoms with Crippen LogP contribution in [0.3, 0.4) is 0 Å². The van der Waals surface area contributed by atoms with Gasteiger partial charge in [0.1, 0.15) is 11.6 Å². The minimum atomic E-state index is -1.84. The third-order valence-corrected chi connectivity index (χ3v) is 5.33. The van der Waals surface area contributed by atoms with Crippen LogP contribution in [0.1, 0.15) is 37.7 Å². The van der Waals surface area contributed by atoms with E-state index >= 15 is 0 Å². The van der Waals surface area contributed by atoms with Gasteiger partial charge >= 0.3 is 5.97 Å². The number of amides is 1. The van der Waals surface area contributed by atoms with Gasteiger partial charge < -0.3 is 15.1 Å². The summed E-state index contributed by atoms with van der Waals surface area (Å²) in [4.78, 5) is 25.4. The van der Waals surface area contributed by atoms with Crippen LogP contribution in [-0.2, 0) is 15.0 Å². The van der Waals surface area contributed by atoms with Crippen LogP contribution < -0.4 is 0 Å². The van der Waals surface area contributed by atoms with Crippen molar-refractivity contribution in [1.82, 2.24) is 4.90 Å². The minimum Gasteiger partial charge on any atom is -0.479 e. The number of likely N-dealkylation sites (tertiary alicyclic amines) is 1. The number of halogens is 2. The van der Waals surface area contributed by atoms with Crippen LogP contribution >= 0.6 is 0 Å². The highest BCUT2D eigenvalue weighted by Gasteiger charge is 2.52. The normalized spacial score (nSPS) is 21.9. The van der Waals surface area contributed by atoms with Crippen LogP contribution in [0.15, 0.2) is 18.2 Å². The van der Waals surface area contributed by atoms with Crippen LogP contribution in [-0.4, -0.2) is 45.7 Å². The van der Waals surface area contributed by atoms with Crippen molar-refractivity contribution in [1.29, 1.82) is 0 Å². The Labute approximate surface area is 137 Å². The molecule has 1 saturated carbocycles. The van der Waals surface area contributed by atoms with E-state index in [2.05, 4.69) is 0 Å². The number of carboxylic acid groups (broad SMARTS) is 1. The van der Waals surface area contributed by atoms with Crippen molar-refractivity contribution in [2.75, 3.05) is 13.1 Å². The van der Waals surface area contributed by atoms with Crippen LogP contribution in [0, 0.1) is 11.6 Å². The first-order valence-electron chi connectivity index (χ1n) is 8.00. The second-order valence-electron chi connectivity index (χ2n) is 6.66. The molecule has 130 valence electrons. The zero-order valence-corrected chi connectivity index (χ0v) is 13.1. The van der Waals surface area contributed by atoms with E-state index in [1.165, 1.54) is 11.0 Å². The largest absolute Gasteiger partial charge is 0.479 e. The molecular weight excluding hydrogens is 320 g/mol. The quantitative estimate of drug-likeness (QED) is 0.881. The summed E-state index contributed by atoms with van der Waals surface area (Å²) in [6.45, 7) is 0.110. The number of carbonyl (C=O) groups is 2. The highest BCUT2D eigenvalue weighted by atomic mass is 19.1. The van der Waals surface area contributed by atoms with Crippen molar-refractivity contribution in [2.45, 2.75) is 43.1 Å². The third-order valence-electron chi connectivity index (χ3n) is 5.33. The van der Waals surface area contributed by atoms with E-state index in [0.29, 0.717) is 19.3 Å². The molecule has 7 heteroatoms. The first kappa shape index (κ1) is 16.8. The second-order valence-corrected chi connectivity index (χ2v) is 6.66. The van der Waals surface area contributed by atoms with Gasteiger partial charge in [0.15, 0.2) is 5.60 Å². The van der Waals surface area contributed by atoms with Gasteiger partial charge in [-0.15, -0.1) is 0 Å². The van der Waals surface area contributed by atoms with Crippen LogP contribution in [0.25, 0.3) is 0 Å². The Bertz CT molecular complexity index is 659. The number of hydrogen-bond donors (Lipinski definition) is 2. The summed E-state index contributed by atoms with van der Waals surface area (Å²) in [5, 5.41) is 19.0. The van der Waals surface area contributed by atoms with E-state index < -0.39 is 28.6 Å². The molecule has 0 aromatic heterocycles. The first-order chi connectivity index (χ1) is 11.3. The first-order valence-corrected chi connectivity index (χ1v) is 8.00. The number of carbonyl (C=O) groups excluding carboxylic acids is 1. The molecule has 0 atom stereocenters. The lowest BCUT2D eigenvalue weighted by molar-refractivity contribution is -0.166. The number of aliphatic hydroxyl groups is 1. The molecule has 0 unspecified atom stereocenters. The molecular formula is C17H19F2NO4. The Morgan fingerprint density at radius 1 is 1.04 bits per heavy atom. The molecule has 1 aromatic rings. The van der Waals surface area contributed by atoms with Gasteiger partial charge in [-0.1, -0.05) is 12.5 Å². The van der Waals surface area contributed by atoms with Crippen LogP contribution in [0.2, 0.25) is 0 Å². The molecule has 0 bridgehead atoms. The van der Waals surface area contributed by atoms with Crippen molar-refractivity contribution in [2.24, 2.45) is 0 Å². The lowest BCUT2D eigenvalue weighted by Crippen LogP contribution is -2.57. The Hall–Kier alpha value is -2.02. The Balaban J connectivity index is 1.85. The standard InChI is InChI=1S/C17H19F2NO4/c18-11-3-1-4-12(19)13(11)16(5-2-6-16)14(21)20-9-7-17(24,8-10-20)15(22)23/h1,3-4,24H,2,5-10H2,(H,22,23). The van der Waals surface area contributed by atoms with Crippen molar-refractivity contribution >= 4 is 11.9 Å². The molecule has 0 radical (unpaired) electrons. The van der Waals surface area contributed by atoms with Crippen molar-refractivity contribution in [3.8, 4) is 0 Å². The summed E-state index contributed by atoms with van der Waals surface area (Å²) in [6.07, 6.45) is 1.24. The number of piperidine rings is 1. The predicted octanol–water partition coefficient (Wildman–Crippen LogP) is 1.82. The van der Waals surface area contributed by atoms with Gasteiger partial charge in [0.2, 0.25) is 5.91 Å². The molecule has 2 fully saturated rings. The number of aliphatic carboxylic acids is 1. The number of hydrogen-bond acceptors (Lipinski definition) is 3. The fourth-order valence-corrected chi connectivity index (χ4v) is 3.65. The molecule has 24 heavy (non-hydrogen) atoms. The lowest BCUT2D eigenvalue weighted by Gasteiger charge is -2.46. The molecule has 1 amide bonds. The minimum absolute atomic E-state index is 0.0550. The highest BCUT2D eigenvalue weighted by Crippen LogP contribution is 2.47. The molecule has 3 rings (SSSR count). The van der Waals surface area contributed by atoms with E-state index in [0.717, 1.165) is 12.1 Å². The van der Waals surface area contributed by atoms with E-state index in [4.69, 9.17) is 5.11 Å². The fourth-order valence-electron chi connectivity index (χ4n) is 3.65. The van der Waals surface area contributed by atoms with Gasteiger partial charge in [0.25, 0.3) is 0 Å². The SMILES string of the molecule is O=C(O)C1(O)CCN(C(=O)C2(c3c(F)cccc3F)CCC2)CC1. The maximum atomic E-state index is 14.2. The van der Waals surface area contributed by atoms with Gasteiger partial charge in [-0.25, -0.2) is 13.6 Å². The van der Waals surface area contributed by atoms with Crippen molar-refractivity contribution in [3.05, 3.63) is 35.4 Å². The summed E-state index contributed by atoms with van der Waals surface area (Å²) >= 11 is 0. The molecule has 5 nitrogen and oxygen atoms in total. The van der Waals surface area contributed by atoms with Crippen molar-refractivity contribution in [3.63, 3.8) is 0 Å². The van der Waals surface area contributed by atoms with Gasteiger partial charge in [-0.3, -0.25) is 4.79 Å². The lowest BCUT2D eigenvalue weighted by atomic mass is 9.63. The van der Waals surface area contributed by atoms with Gasteiger partial charge in [0, 0.05) is 31.5 Å². The zero-order valence-electron chi connectivity index (χ0n) is 13.1. The maximum Gasteiger partial charge on any atom is 0.335 e. The van der Waals surface area contributed by atoms with Gasteiger partial charge in [-0.05, 0) is 25.0 Å². The van der Waals surface area contributed by atoms with Gasteiger partial charge in [0.05, 0.1) is 5.41 Å². The summed E-state index contributed by atoms with van der Waals surface area (Å²) < 4.78 is 28.4. The molecule has 1 heterocycles. The van der Waals surface area contributed by atoms with E-state index in [1.807, 2.05) is 0 Å². The smallest absolute Gasteiger partial charge is 0.335 e. The third kappa shape index (κ3) is 2.47. The van der Waals surface area contributed by atoms with E-state index in [-0.39, 0.29) is 37.4 Å². The van der Waals surface area contributed by atoms with Crippen LogP contribution in [0.4, 0.5) is 8.78 Å². The molecule has 0 spiro atoms. The summed E-state index contributed by atoms with van der Waals surface area (Å²) in [6, 6.07) is 3.55. The summed E-state index contributed by atoms with van der Waals surface area (Å²) in [5.41, 5.74) is -3.25. The highest BCUT2D eigenvalue weighted by molar-refractivity contribution is 5.90. The number of carboxylic acids is 1. The van der Waals surface area contributed by atoms with Crippen LogP contribution in [0.5, 0.6) is 0 Å². The molecule has 1 aromatic carbocycles. The number of benzene rings is 1. The average Bonchev–Trinajstić information content (AvgIpc) is 2.49.